The Morgan fingerprint density at radius 1 is 1.23 bits per heavy atom. The summed E-state index contributed by atoms with van der Waals surface area (Å²) in [5, 5.41) is 0. The molecule has 0 amide bonds. The van der Waals surface area contributed by atoms with Gasteiger partial charge in [-0.05, 0) is 37.5 Å². The molecule has 3 unspecified atom stereocenters. The van der Waals surface area contributed by atoms with Gasteiger partial charge in [-0.1, -0.05) is 26.7 Å². The number of ketones is 1. The van der Waals surface area contributed by atoms with Gasteiger partial charge in [0, 0.05) is 6.42 Å². The van der Waals surface area contributed by atoms with Crippen LogP contribution in [0.15, 0.2) is 0 Å². The Hall–Kier alpha value is -0.330. The zero-order chi connectivity index (χ0) is 9.84. The molecule has 0 aromatic rings. The smallest absolute Gasteiger partial charge is 0.129 e. The van der Waals surface area contributed by atoms with Gasteiger partial charge in [-0.25, -0.2) is 0 Å². The van der Waals surface area contributed by atoms with E-state index in [1.165, 1.54) is 19.3 Å². The van der Waals surface area contributed by atoms with Crippen molar-refractivity contribution in [2.75, 3.05) is 0 Å². The zero-order valence-corrected chi connectivity index (χ0v) is 9.18. The minimum absolute atomic E-state index is 0.353. The van der Waals surface area contributed by atoms with Gasteiger partial charge in [0.15, 0.2) is 0 Å². The minimum atomic E-state index is 0.353. The molecular formula is C12H22O. The van der Waals surface area contributed by atoms with Crippen LogP contribution in [0.4, 0.5) is 0 Å². The van der Waals surface area contributed by atoms with Gasteiger partial charge < -0.3 is 4.79 Å². The fourth-order valence-corrected chi connectivity index (χ4v) is 2.33. The molecule has 1 aliphatic rings. The average Bonchev–Trinajstić information content (AvgIpc) is 2.07. The van der Waals surface area contributed by atoms with Crippen LogP contribution >= 0.6 is 0 Å². The first-order valence-corrected chi connectivity index (χ1v) is 5.59. The molecule has 0 bridgehead atoms. The van der Waals surface area contributed by atoms with Gasteiger partial charge in [0.1, 0.15) is 5.78 Å². The van der Waals surface area contributed by atoms with E-state index in [-0.39, 0.29) is 0 Å². The second-order valence-electron chi connectivity index (χ2n) is 4.87. The monoisotopic (exact) mass is 182 g/mol. The molecule has 0 heterocycles. The first kappa shape index (κ1) is 10.7. The van der Waals surface area contributed by atoms with E-state index in [0.717, 1.165) is 30.6 Å². The van der Waals surface area contributed by atoms with E-state index >= 15 is 0 Å². The summed E-state index contributed by atoms with van der Waals surface area (Å²) in [4.78, 5) is 10.8. The molecule has 1 heteroatoms. The number of hydrogen-bond acceptors (Lipinski definition) is 1. The van der Waals surface area contributed by atoms with Crippen LogP contribution in [0.5, 0.6) is 0 Å². The maximum Gasteiger partial charge on any atom is 0.129 e. The van der Waals surface area contributed by atoms with Crippen LogP contribution < -0.4 is 0 Å². The van der Waals surface area contributed by atoms with E-state index in [4.69, 9.17) is 0 Å². The molecule has 76 valence electrons. The van der Waals surface area contributed by atoms with Gasteiger partial charge in [0.05, 0.1) is 0 Å². The molecule has 0 radical (unpaired) electrons. The molecule has 0 aliphatic heterocycles. The molecular weight excluding hydrogens is 160 g/mol. The summed E-state index contributed by atoms with van der Waals surface area (Å²) in [6.45, 7) is 6.41. The topological polar surface area (TPSA) is 17.1 Å². The Kier molecular flexibility index (Phi) is 3.95. The lowest BCUT2D eigenvalue weighted by Gasteiger charge is -2.31. The molecule has 0 N–H and O–H groups in total. The molecule has 0 aromatic heterocycles. The highest BCUT2D eigenvalue weighted by molar-refractivity contribution is 5.75. The Labute approximate surface area is 81.9 Å². The van der Waals surface area contributed by atoms with Crippen molar-refractivity contribution >= 4 is 5.78 Å². The summed E-state index contributed by atoms with van der Waals surface area (Å²) in [5.74, 6) is 2.95. The van der Waals surface area contributed by atoms with Crippen molar-refractivity contribution in [3.05, 3.63) is 0 Å². The summed E-state index contributed by atoms with van der Waals surface area (Å²) < 4.78 is 0. The summed E-state index contributed by atoms with van der Waals surface area (Å²) >= 11 is 0. The number of carbonyl (C=O) groups is 1. The van der Waals surface area contributed by atoms with Crippen LogP contribution in [0, 0.1) is 17.8 Å². The highest BCUT2D eigenvalue weighted by atomic mass is 16.1. The van der Waals surface area contributed by atoms with Crippen molar-refractivity contribution < 1.29 is 4.79 Å². The second kappa shape index (κ2) is 4.78. The highest BCUT2D eigenvalue weighted by Crippen LogP contribution is 2.35. The quantitative estimate of drug-likeness (QED) is 0.653. The predicted octanol–water partition coefficient (Wildman–Crippen LogP) is 3.43. The number of hydrogen-bond donors (Lipinski definition) is 0. The molecule has 0 saturated heterocycles. The van der Waals surface area contributed by atoms with E-state index in [0.29, 0.717) is 5.78 Å². The summed E-state index contributed by atoms with van der Waals surface area (Å²) in [5.41, 5.74) is 0. The molecule has 1 saturated carbocycles. The van der Waals surface area contributed by atoms with Crippen molar-refractivity contribution in [1.82, 2.24) is 0 Å². The lowest BCUT2D eigenvalue weighted by Crippen LogP contribution is -2.21. The predicted molar refractivity (Wildman–Crippen MR) is 55.6 cm³/mol. The van der Waals surface area contributed by atoms with Crippen LogP contribution in [-0.2, 0) is 4.79 Å². The summed E-state index contributed by atoms with van der Waals surface area (Å²) in [7, 11) is 0. The van der Waals surface area contributed by atoms with Gasteiger partial charge in [0.2, 0.25) is 0 Å². The van der Waals surface area contributed by atoms with E-state index in [1.807, 2.05) is 0 Å². The largest absolute Gasteiger partial charge is 0.300 e. The molecule has 0 aromatic carbocycles. The lowest BCUT2D eigenvalue weighted by molar-refractivity contribution is -0.117. The van der Waals surface area contributed by atoms with E-state index in [1.54, 1.807) is 6.92 Å². The van der Waals surface area contributed by atoms with E-state index in [2.05, 4.69) is 13.8 Å². The third-order valence-electron chi connectivity index (χ3n) is 3.61. The van der Waals surface area contributed by atoms with Gasteiger partial charge in [-0.2, -0.15) is 0 Å². The van der Waals surface area contributed by atoms with Gasteiger partial charge in [-0.15, -0.1) is 0 Å². The van der Waals surface area contributed by atoms with Crippen LogP contribution in [-0.4, -0.2) is 5.78 Å². The van der Waals surface area contributed by atoms with Crippen LogP contribution in [0.25, 0.3) is 0 Å². The lowest BCUT2D eigenvalue weighted by atomic mass is 9.74. The fourth-order valence-electron chi connectivity index (χ4n) is 2.33. The summed E-state index contributed by atoms with van der Waals surface area (Å²) in [6.07, 6.45) is 5.98. The van der Waals surface area contributed by atoms with E-state index < -0.39 is 0 Å². The molecule has 1 nitrogen and oxygen atoms in total. The Balaban J connectivity index is 2.25. The van der Waals surface area contributed by atoms with Crippen molar-refractivity contribution in [1.29, 1.82) is 0 Å². The first-order valence-electron chi connectivity index (χ1n) is 5.59. The zero-order valence-electron chi connectivity index (χ0n) is 9.18. The Morgan fingerprint density at radius 2 is 1.92 bits per heavy atom. The number of carbonyl (C=O) groups excluding carboxylic acids is 1. The maximum atomic E-state index is 10.8. The van der Waals surface area contributed by atoms with Crippen molar-refractivity contribution in [3.63, 3.8) is 0 Å². The summed E-state index contributed by atoms with van der Waals surface area (Å²) in [6, 6.07) is 0. The first-order chi connectivity index (χ1) is 6.09. The second-order valence-corrected chi connectivity index (χ2v) is 4.87. The van der Waals surface area contributed by atoms with Crippen LogP contribution in [0.2, 0.25) is 0 Å². The normalized spacial score (nSPS) is 34.5. The van der Waals surface area contributed by atoms with Crippen molar-refractivity contribution in [2.45, 2.75) is 52.9 Å². The van der Waals surface area contributed by atoms with Gasteiger partial charge in [0.25, 0.3) is 0 Å². The van der Waals surface area contributed by atoms with Gasteiger partial charge in [-0.3, -0.25) is 0 Å². The van der Waals surface area contributed by atoms with E-state index in [9.17, 15) is 4.79 Å². The SMILES string of the molecule is CC(=O)CCC1CCC(C)C(C)C1. The van der Waals surface area contributed by atoms with Crippen molar-refractivity contribution in [2.24, 2.45) is 17.8 Å². The Bertz CT molecular complexity index is 174. The number of rotatable bonds is 3. The minimum Gasteiger partial charge on any atom is -0.300 e. The number of Topliss-reactive ketones (excluding diaryl/α,β-unsaturated/α-hetero) is 1. The third kappa shape index (κ3) is 3.50. The molecule has 13 heavy (non-hydrogen) atoms. The average molecular weight is 182 g/mol. The Morgan fingerprint density at radius 3 is 2.46 bits per heavy atom. The van der Waals surface area contributed by atoms with Crippen molar-refractivity contribution in [3.8, 4) is 0 Å². The highest BCUT2D eigenvalue weighted by Gasteiger charge is 2.24. The molecule has 0 spiro atoms. The maximum absolute atomic E-state index is 10.8. The molecule has 1 rings (SSSR count). The molecule has 3 atom stereocenters. The fraction of sp³-hybridized carbons (Fsp3) is 0.917. The standard InChI is InChI=1S/C12H22O/c1-9-4-6-12(8-10(9)2)7-5-11(3)13/h9-10,12H,4-8H2,1-3H3. The van der Waals surface area contributed by atoms with Gasteiger partial charge >= 0.3 is 0 Å². The molecule has 1 fully saturated rings. The molecule has 1 aliphatic carbocycles. The van der Waals surface area contributed by atoms with Crippen LogP contribution in [0.3, 0.4) is 0 Å². The third-order valence-corrected chi connectivity index (χ3v) is 3.61. The van der Waals surface area contributed by atoms with Crippen LogP contribution in [0.1, 0.15) is 52.9 Å².